The Kier molecular flexibility index (Phi) is 5.09. The first-order valence-corrected chi connectivity index (χ1v) is 7.49. The Morgan fingerprint density at radius 2 is 1.90 bits per heavy atom. The summed E-state index contributed by atoms with van der Waals surface area (Å²) in [6.45, 7) is 4.42. The molecule has 0 aliphatic carbocycles. The number of hydrogen-bond donors (Lipinski definition) is 1. The monoisotopic (exact) mass is 348 g/mol. The van der Waals surface area contributed by atoms with E-state index in [1.165, 1.54) is 5.56 Å². The highest BCUT2D eigenvalue weighted by molar-refractivity contribution is 9.10. The second-order valence-electron chi connectivity index (χ2n) is 5.03. The summed E-state index contributed by atoms with van der Waals surface area (Å²) in [5.74, 6) is 0. The molecule has 1 atom stereocenters. The highest BCUT2D eigenvalue weighted by Crippen LogP contribution is 2.20. The van der Waals surface area contributed by atoms with Crippen molar-refractivity contribution in [1.29, 1.82) is 0 Å². The van der Waals surface area contributed by atoms with Crippen molar-refractivity contribution < 1.29 is 4.92 Å². The standard InChI is InChI=1S/C16H17BrN2O2/c1-11-3-4-13(9-16(11)19(20)21)10-18-12(2)14-5-7-15(17)8-6-14/h3-9,12,18H,10H2,1-2H3. The van der Waals surface area contributed by atoms with Gasteiger partial charge in [-0.25, -0.2) is 0 Å². The van der Waals surface area contributed by atoms with E-state index < -0.39 is 0 Å². The Morgan fingerprint density at radius 1 is 1.24 bits per heavy atom. The third-order valence-corrected chi connectivity index (χ3v) is 3.98. The van der Waals surface area contributed by atoms with Gasteiger partial charge in [-0.05, 0) is 37.1 Å². The van der Waals surface area contributed by atoms with Crippen molar-refractivity contribution in [3.63, 3.8) is 0 Å². The Hall–Kier alpha value is -1.72. The van der Waals surface area contributed by atoms with Crippen molar-refractivity contribution in [1.82, 2.24) is 5.32 Å². The van der Waals surface area contributed by atoms with Gasteiger partial charge in [0.25, 0.3) is 5.69 Å². The van der Waals surface area contributed by atoms with Gasteiger partial charge >= 0.3 is 0 Å². The van der Waals surface area contributed by atoms with Crippen molar-refractivity contribution in [2.45, 2.75) is 26.4 Å². The predicted octanol–water partition coefficient (Wildman–Crippen LogP) is 4.52. The second-order valence-corrected chi connectivity index (χ2v) is 5.95. The zero-order valence-corrected chi connectivity index (χ0v) is 13.6. The zero-order chi connectivity index (χ0) is 15.4. The molecule has 4 nitrogen and oxygen atoms in total. The molecule has 0 aromatic heterocycles. The summed E-state index contributed by atoms with van der Waals surface area (Å²) < 4.78 is 1.05. The molecule has 0 saturated carbocycles. The smallest absolute Gasteiger partial charge is 0.272 e. The minimum atomic E-state index is -0.336. The first-order chi connectivity index (χ1) is 9.97. The van der Waals surface area contributed by atoms with E-state index in [4.69, 9.17) is 0 Å². The van der Waals surface area contributed by atoms with Gasteiger partial charge in [0.2, 0.25) is 0 Å². The van der Waals surface area contributed by atoms with Gasteiger partial charge in [-0.3, -0.25) is 10.1 Å². The van der Waals surface area contributed by atoms with E-state index in [1.807, 2.05) is 18.2 Å². The van der Waals surface area contributed by atoms with Crippen molar-refractivity contribution in [2.75, 3.05) is 0 Å². The van der Waals surface area contributed by atoms with Gasteiger partial charge in [0, 0.05) is 28.7 Å². The van der Waals surface area contributed by atoms with Gasteiger partial charge < -0.3 is 5.32 Å². The van der Waals surface area contributed by atoms with Gasteiger partial charge in [0.05, 0.1) is 4.92 Å². The molecule has 0 aliphatic heterocycles. The minimum absolute atomic E-state index is 0.172. The summed E-state index contributed by atoms with van der Waals surface area (Å²) in [6.07, 6.45) is 0. The SMILES string of the molecule is Cc1ccc(CNC(C)c2ccc(Br)cc2)cc1[N+](=O)[O-]. The molecular weight excluding hydrogens is 332 g/mol. The number of rotatable bonds is 5. The number of hydrogen-bond acceptors (Lipinski definition) is 3. The van der Waals surface area contributed by atoms with Crippen LogP contribution in [0.5, 0.6) is 0 Å². The molecule has 0 bridgehead atoms. The molecule has 0 spiro atoms. The first kappa shape index (κ1) is 15.7. The van der Waals surface area contributed by atoms with E-state index >= 15 is 0 Å². The van der Waals surface area contributed by atoms with Crippen molar-refractivity contribution in [3.8, 4) is 0 Å². The van der Waals surface area contributed by atoms with Gasteiger partial charge in [-0.2, -0.15) is 0 Å². The van der Waals surface area contributed by atoms with Crippen LogP contribution in [0.1, 0.15) is 29.7 Å². The van der Waals surface area contributed by atoms with E-state index in [2.05, 4.69) is 40.3 Å². The normalized spacial score (nSPS) is 12.1. The molecule has 21 heavy (non-hydrogen) atoms. The maximum Gasteiger partial charge on any atom is 0.272 e. The topological polar surface area (TPSA) is 55.2 Å². The lowest BCUT2D eigenvalue weighted by Crippen LogP contribution is -2.18. The molecule has 0 saturated heterocycles. The van der Waals surface area contributed by atoms with Gasteiger partial charge in [-0.1, -0.05) is 40.2 Å². The summed E-state index contributed by atoms with van der Waals surface area (Å²) >= 11 is 3.41. The van der Waals surface area contributed by atoms with E-state index in [1.54, 1.807) is 19.1 Å². The van der Waals surface area contributed by atoms with Crippen LogP contribution in [-0.2, 0) is 6.54 Å². The van der Waals surface area contributed by atoms with Crippen LogP contribution >= 0.6 is 15.9 Å². The molecule has 0 aliphatic rings. The summed E-state index contributed by atoms with van der Waals surface area (Å²) in [6, 6.07) is 13.6. The minimum Gasteiger partial charge on any atom is -0.306 e. The summed E-state index contributed by atoms with van der Waals surface area (Å²) in [7, 11) is 0. The lowest BCUT2D eigenvalue weighted by Gasteiger charge is -2.14. The van der Waals surface area contributed by atoms with Crippen LogP contribution in [0.25, 0.3) is 0 Å². The number of nitro groups is 1. The molecule has 5 heteroatoms. The highest BCUT2D eigenvalue weighted by atomic mass is 79.9. The number of nitrogens with one attached hydrogen (secondary N) is 1. The molecule has 2 rings (SSSR count). The van der Waals surface area contributed by atoms with Crippen molar-refractivity contribution in [2.24, 2.45) is 0 Å². The van der Waals surface area contributed by atoms with E-state index in [-0.39, 0.29) is 16.7 Å². The van der Waals surface area contributed by atoms with Crippen molar-refractivity contribution in [3.05, 3.63) is 73.7 Å². The fourth-order valence-electron chi connectivity index (χ4n) is 2.10. The molecule has 0 heterocycles. The van der Waals surface area contributed by atoms with Gasteiger partial charge in [0.15, 0.2) is 0 Å². The van der Waals surface area contributed by atoms with Crippen LogP contribution in [0.15, 0.2) is 46.9 Å². The number of nitro benzene ring substituents is 1. The predicted molar refractivity (Wildman–Crippen MR) is 87.2 cm³/mol. The number of aryl methyl sites for hydroxylation is 1. The molecule has 0 fully saturated rings. The fourth-order valence-corrected chi connectivity index (χ4v) is 2.37. The van der Waals surface area contributed by atoms with Crippen LogP contribution in [0.2, 0.25) is 0 Å². The quantitative estimate of drug-likeness (QED) is 0.638. The van der Waals surface area contributed by atoms with E-state index in [0.29, 0.717) is 12.1 Å². The third-order valence-electron chi connectivity index (χ3n) is 3.45. The summed E-state index contributed by atoms with van der Waals surface area (Å²) in [5.41, 5.74) is 2.95. The van der Waals surface area contributed by atoms with Gasteiger partial charge in [0.1, 0.15) is 0 Å². The molecule has 2 aromatic rings. The molecule has 2 aromatic carbocycles. The van der Waals surface area contributed by atoms with Crippen LogP contribution in [0.4, 0.5) is 5.69 Å². The Balaban J connectivity index is 2.04. The third kappa shape index (κ3) is 4.12. The summed E-state index contributed by atoms with van der Waals surface area (Å²) in [4.78, 5) is 10.6. The largest absolute Gasteiger partial charge is 0.306 e. The zero-order valence-electron chi connectivity index (χ0n) is 12.0. The Labute approximate surface area is 132 Å². The molecular formula is C16H17BrN2O2. The average molecular weight is 349 g/mol. The molecule has 0 amide bonds. The Morgan fingerprint density at radius 3 is 2.52 bits per heavy atom. The number of nitrogens with zero attached hydrogens (tertiary/aromatic N) is 1. The maximum absolute atomic E-state index is 10.9. The lowest BCUT2D eigenvalue weighted by molar-refractivity contribution is -0.385. The number of benzene rings is 2. The van der Waals surface area contributed by atoms with Crippen LogP contribution < -0.4 is 5.32 Å². The first-order valence-electron chi connectivity index (χ1n) is 6.70. The highest BCUT2D eigenvalue weighted by Gasteiger charge is 2.11. The molecule has 0 radical (unpaired) electrons. The Bertz CT molecular complexity index is 641. The van der Waals surface area contributed by atoms with Gasteiger partial charge in [-0.15, -0.1) is 0 Å². The van der Waals surface area contributed by atoms with Crippen LogP contribution in [0, 0.1) is 17.0 Å². The second kappa shape index (κ2) is 6.83. The molecule has 1 N–H and O–H groups in total. The lowest BCUT2D eigenvalue weighted by atomic mass is 10.1. The van der Waals surface area contributed by atoms with Crippen LogP contribution in [0.3, 0.4) is 0 Å². The van der Waals surface area contributed by atoms with E-state index in [9.17, 15) is 10.1 Å². The van der Waals surface area contributed by atoms with Crippen molar-refractivity contribution >= 4 is 21.6 Å². The number of halogens is 1. The van der Waals surface area contributed by atoms with Crippen LogP contribution in [-0.4, -0.2) is 4.92 Å². The molecule has 110 valence electrons. The average Bonchev–Trinajstić information content (AvgIpc) is 2.46. The van der Waals surface area contributed by atoms with E-state index in [0.717, 1.165) is 10.0 Å². The summed E-state index contributed by atoms with van der Waals surface area (Å²) in [5, 5.41) is 14.3. The fraction of sp³-hybridized carbons (Fsp3) is 0.250. The maximum atomic E-state index is 10.9. The molecule has 1 unspecified atom stereocenters.